The normalized spacial score (nSPS) is 14.3. The SMILES string of the molecule is CC(O)C(C)Nc1ccc(C(N)=O)cc1. The number of benzene rings is 1. The zero-order valence-corrected chi connectivity index (χ0v) is 8.90. The van der Waals surface area contributed by atoms with E-state index in [0.29, 0.717) is 5.56 Å². The molecule has 0 aromatic heterocycles. The molecule has 1 amide bonds. The summed E-state index contributed by atoms with van der Waals surface area (Å²) < 4.78 is 0. The third-order valence-corrected chi connectivity index (χ3v) is 2.29. The Morgan fingerprint density at radius 2 is 1.87 bits per heavy atom. The fraction of sp³-hybridized carbons (Fsp3) is 0.364. The molecule has 0 heterocycles. The first kappa shape index (κ1) is 11.5. The molecule has 4 nitrogen and oxygen atoms in total. The number of aliphatic hydroxyl groups excluding tert-OH is 1. The van der Waals surface area contributed by atoms with Crippen LogP contribution >= 0.6 is 0 Å². The van der Waals surface area contributed by atoms with Crippen LogP contribution < -0.4 is 11.1 Å². The van der Waals surface area contributed by atoms with E-state index in [1.807, 2.05) is 6.92 Å². The highest BCUT2D eigenvalue weighted by Crippen LogP contribution is 2.11. The minimum atomic E-state index is -0.440. The van der Waals surface area contributed by atoms with Crippen molar-refractivity contribution in [1.82, 2.24) is 0 Å². The van der Waals surface area contributed by atoms with Crippen LogP contribution in [-0.2, 0) is 0 Å². The lowest BCUT2D eigenvalue weighted by atomic mass is 10.1. The molecule has 0 saturated carbocycles. The molecular weight excluding hydrogens is 192 g/mol. The monoisotopic (exact) mass is 208 g/mol. The summed E-state index contributed by atoms with van der Waals surface area (Å²) in [5.41, 5.74) is 6.45. The molecule has 82 valence electrons. The van der Waals surface area contributed by atoms with Gasteiger partial charge in [-0.2, -0.15) is 0 Å². The van der Waals surface area contributed by atoms with Gasteiger partial charge >= 0.3 is 0 Å². The second-order valence-corrected chi connectivity index (χ2v) is 3.62. The summed E-state index contributed by atoms with van der Waals surface area (Å²) in [6.07, 6.45) is -0.430. The Morgan fingerprint density at radius 1 is 1.33 bits per heavy atom. The number of nitrogens with one attached hydrogen (secondary N) is 1. The number of rotatable bonds is 4. The highest BCUT2D eigenvalue weighted by molar-refractivity contribution is 5.93. The van der Waals surface area contributed by atoms with Crippen LogP contribution in [0.15, 0.2) is 24.3 Å². The van der Waals surface area contributed by atoms with Crippen molar-refractivity contribution in [3.05, 3.63) is 29.8 Å². The van der Waals surface area contributed by atoms with Gasteiger partial charge in [-0.3, -0.25) is 4.79 Å². The van der Waals surface area contributed by atoms with Crippen molar-refractivity contribution < 1.29 is 9.90 Å². The smallest absolute Gasteiger partial charge is 0.248 e. The lowest BCUT2D eigenvalue weighted by Gasteiger charge is -2.17. The lowest BCUT2D eigenvalue weighted by Crippen LogP contribution is -2.27. The molecule has 0 fully saturated rings. The zero-order chi connectivity index (χ0) is 11.4. The van der Waals surface area contributed by atoms with E-state index in [4.69, 9.17) is 5.73 Å². The molecule has 2 atom stereocenters. The van der Waals surface area contributed by atoms with Crippen LogP contribution in [0.2, 0.25) is 0 Å². The number of carbonyl (C=O) groups excluding carboxylic acids is 1. The summed E-state index contributed by atoms with van der Waals surface area (Å²) in [6, 6.07) is 6.79. The van der Waals surface area contributed by atoms with Gasteiger partial charge in [-0.25, -0.2) is 0 Å². The third kappa shape index (κ3) is 3.25. The van der Waals surface area contributed by atoms with Crippen molar-refractivity contribution in [2.45, 2.75) is 26.0 Å². The van der Waals surface area contributed by atoms with Gasteiger partial charge in [0.2, 0.25) is 5.91 Å². The average Bonchev–Trinajstić information content (AvgIpc) is 2.18. The van der Waals surface area contributed by atoms with Gasteiger partial charge in [0.1, 0.15) is 0 Å². The standard InChI is InChI=1S/C11H16N2O2/c1-7(8(2)14)13-10-5-3-9(4-6-10)11(12)15/h3-8,13-14H,1-2H3,(H2,12,15). The number of aliphatic hydroxyl groups is 1. The minimum absolute atomic E-state index is 0.0376. The van der Waals surface area contributed by atoms with Crippen LogP contribution in [0, 0.1) is 0 Å². The van der Waals surface area contributed by atoms with Crippen LogP contribution in [0.25, 0.3) is 0 Å². The molecule has 0 radical (unpaired) electrons. The van der Waals surface area contributed by atoms with Crippen LogP contribution in [0.1, 0.15) is 24.2 Å². The number of carbonyl (C=O) groups is 1. The number of amides is 1. The summed E-state index contributed by atoms with van der Waals surface area (Å²) >= 11 is 0. The molecule has 0 bridgehead atoms. The van der Waals surface area contributed by atoms with E-state index in [0.717, 1.165) is 5.69 Å². The molecule has 2 unspecified atom stereocenters. The number of hydrogen-bond acceptors (Lipinski definition) is 3. The molecule has 1 aromatic carbocycles. The molecule has 0 aliphatic heterocycles. The Labute approximate surface area is 89.1 Å². The highest BCUT2D eigenvalue weighted by atomic mass is 16.3. The first-order chi connectivity index (χ1) is 7.00. The Bertz CT molecular complexity index is 333. The molecule has 15 heavy (non-hydrogen) atoms. The first-order valence-corrected chi connectivity index (χ1v) is 4.85. The molecule has 1 rings (SSSR count). The molecule has 4 N–H and O–H groups in total. The predicted molar refractivity (Wildman–Crippen MR) is 59.7 cm³/mol. The maximum absolute atomic E-state index is 10.8. The Balaban J connectivity index is 2.68. The Morgan fingerprint density at radius 3 is 2.27 bits per heavy atom. The van der Waals surface area contributed by atoms with Gasteiger partial charge in [-0.05, 0) is 38.1 Å². The molecular formula is C11H16N2O2. The third-order valence-electron chi connectivity index (χ3n) is 2.29. The lowest BCUT2D eigenvalue weighted by molar-refractivity contribution is 0.100. The first-order valence-electron chi connectivity index (χ1n) is 4.85. The van der Waals surface area contributed by atoms with Crippen molar-refractivity contribution in [2.24, 2.45) is 5.73 Å². The summed E-state index contributed by atoms with van der Waals surface area (Å²) in [6.45, 7) is 3.60. The quantitative estimate of drug-likeness (QED) is 0.690. The molecule has 0 spiro atoms. The van der Waals surface area contributed by atoms with Crippen molar-refractivity contribution >= 4 is 11.6 Å². The second-order valence-electron chi connectivity index (χ2n) is 3.62. The predicted octanol–water partition coefficient (Wildman–Crippen LogP) is 0.967. The van der Waals surface area contributed by atoms with Crippen LogP contribution in [0.3, 0.4) is 0 Å². The van der Waals surface area contributed by atoms with E-state index in [2.05, 4.69) is 5.32 Å². The van der Waals surface area contributed by atoms with E-state index in [9.17, 15) is 9.90 Å². The highest BCUT2D eigenvalue weighted by Gasteiger charge is 2.08. The van der Waals surface area contributed by atoms with Crippen LogP contribution in [0.5, 0.6) is 0 Å². The van der Waals surface area contributed by atoms with E-state index in [-0.39, 0.29) is 6.04 Å². The maximum Gasteiger partial charge on any atom is 0.248 e. The Kier molecular flexibility index (Phi) is 3.68. The second kappa shape index (κ2) is 4.79. The molecule has 0 aliphatic rings. The van der Waals surface area contributed by atoms with E-state index in [1.165, 1.54) is 0 Å². The van der Waals surface area contributed by atoms with Gasteiger partial charge in [0.25, 0.3) is 0 Å². The van der Waals surface area contributed by atoms with Gasteiger partial charge in [0.05, 0.1) is 6.10 Å². The van der Waals surface area contributed by atoms with Crippen LogP contribution in [-0.4, -0.2) is 23.2 Å². The fourth-order valence-electron chi connectivity index (χ4n) is 1.11. The van der Waals surface area contributed by atoms with E-state index in [1.54, 1.807) is 31.2 Å². The molecule has 0 aliphatic carbocycles. The topological polar surface area (TPSA) is 75.3 Å². The zero-order valence-electron chi connectivity index (χ0n) is 8.90. The number of nitrogens with two attached hydrogens (primary N) is 1. The maximum atomic E-state index is 10.8. The van der Waals surface area contributed by atoms with Gasteiger partial charge < -0.3 is 16.2 Å². The summed E-state index contributed by atoms with van der Waals surface area (Å²) in [7, 11) is 0. The average molecular weight is 208 g/mol. The van der Waals surface area contributed by atoms with Crippen molar-refractivity contribution in [2.75, 3.05) is 5.32 Å². The number of hydrogen-bond donors (Lipinski definition) is 3. The summed E-state index contributed by atoms with van der Waals surface area (Å²) in [5, 5.41) is 12.4. The van der Waals surface area contributed by atoms with E-state index < -0.39 is 12.0 Å². The van der Waals surface area contributed by atoms with Gasteiger partial charge in [0, 0.05) is 17.3 Å². The molecule has 4 heteroatoms. The fourth-order valence-corrected chi connectivity index (χ4v) is 1.11. The Hall–Kier alpha value is -1.55. The van der Waals surface area contributed by atoms with Crippen LogP contribution in [0.4, 0.5) is 5.69 Å². The molecule has 0 saturated heterocycles. The van der Waals surface area contributed by atoms with E-state index >= 15 is 0 Å². The number of primary amides is 1. The van der Waals surface area contributed by atoms with Crippen molar-refractivity contribution in [3.8, 4) is 0 Å². The van der Waals surface area contributed by atoms with Crippen molar-refractivity contribution in [1.29, 1.82) is 0 Å². The summed E-state index contributed by atoms with van der Waals surface area (Å²) in [5.74, 6) is -0.440. The minimum Gasteiger partial charge on any atom is -0.391 e. The summed E-state index contributed by atoms with van der Waals surface area (Å²) in [4.78, 5) is 10.8. The largest absolute Gasteiger partial charge is 0.391 e. The van der Waals surface area contributed by atoms with Gasteiger partial charge in [0.15, 0.2) is 0 Å². The van der Waals surface area contributed by atoms with Gasteiger partial charge in [-0.1, -0.05) is 0 Å². The van der Waals surface area contributed by atoms with Crippen molar-refractivity contribution in [3.63, 3.8) is 0 Å². The van der Waals surface area contributed by atoms with Gasteiger partial charge in [-0.15, -0.1) is 0 Å². The molecule has 1 aromatic rings. The number of anilines is 1.